The molecule has 0 aliphatic heterocycles. The molecule has 90 valence electrons. The summed E-state index contributed by atoms with van der Waals surface area (Å²) < 4.78 is 0. The molecule has 1 saturated carbocycles. The maximum Gasteiger partial charge on any atom is 0.188 e. The van der Waals surface area contributed by atoms with Crippen LogP contribution in [0.1, 0.15) is 39.5 Å². The molecule has 0 saturated heterocycles. The summed E-state index contributed by atoms with van der Waals surface area (Å²) >= 11 is 0. The number of hydrogen-bond acceptors (Lipinski definition) is 2. The van der Waals surface area contributed by atoms with Crippen LogP contribution in [-0.4, -0.2) is 24.8 Å². The van der Waals surface area contributed by atoms with E-state index in [2.05, 4.69) is 13.8 Å². The molecule has 0 radical (unpaired) electrons. The molecule has 15 heavy (non-hydrogen) atoms. The molecule has 1 rings (SSSR count). The predicted octanol–water partition coefficient (Wildman–Crippen LogP) is 2.76. The maximum absolute atomic E-state index is 10.2. The summed E-state index contributed by atoms with van der Waals surface area (Å²) in [6, 6.07) is 0. The Morgan fingerprint density at radius 1 is 1.20 bits per heavy atom. The zero-order chi connectivity index (χ0) is 11.7. The van der Waals surface area contributed by atoms with E-state index in [1.165, 1.54) is 19.3 Å². The fraction of sp³-hybridized carbons (Fsp3) is 1.00. The van der Waals surface area contributed by atoms with Crippen molar-refractivity contribution in [3.8, 4) is 0 Å². The molecule has 0 spiro atoms. The topological polar surface area (TPSA) is 40.5 Å². The summed E-state index contributed by atoms with van der Waals surface area (Å²) in [4.78, 5) is 10.2. The first-order valence-corrected chi connectivity index (χ1v) is 9.06. The molecule has 2 nitrogen and oxygen atoms in total. The van der Waals surface area contributed by atoms with Gasteiger partial charge in [-0.3, -0.25) is 0 Å². The van der Waals surface area contributed by atoms with Crippen LogP contribution in [0.3, 0.4) is 0 Å². The first kappa shape index (κ1) is 13.2. The van der Waals surface area contributed by atoms with E-state index in [0.29, 0.717) is 18.4 Å². The molecular weight excluding hydrogens is 204 g/mol. The minimum atomic E-state index is -2.08. The molecule has 2 atom stereocenters. The second kappa shape index (κ2) is 4.56. The first-order valence-electron chi connectivity index (χ1n) is 6.11. The Morgan fingerprint density at radius 2 is 1.73 bits per heavy atom. The summed E-state index contributed by atoms with van der Waals surface area (Å²) in [6.45, 7) is 8.75. The highest BCUT2D eigenvalue weighted by molar-refractivity contribution is 6.72. The van der Waals surface area contributed by atoms with Gasteiger partial charge in [0.25, 0.3) is 0 Å². The van der Waals surface area contributed by atoms with Gasteiger partial charge in [-0.25, -0.2) is 0 Å². The zero-order valence-electron chi connectivity index (χ0n) is 10.6. The zero-order valence-corrected chi connectivity index (χ0v) is 11.6. The van der Waals surface area contributed by atoms with E-state index in [1.54, 1.807) is 0 Å². The summed E-state index contributed by atoms with van der Waals surface area (Å²) in [5.74, 6) is 1.12. The maximum atomic E-state index is 10.2. The van der Waals surface area contributed by atoms with Crippen LogP contribution in [0.4, 0.5) is 0 Å². The van der Waals surface area contributed by atoms with E-state index >= 15 is 0 Å². The van der Waals surface area contributed by atoms with Gasteiger partial charge in [0.05, 0.1) is 0 Å². The second-order valence-electron chi connectivity index (χ2n) is 6.28. The van der Waals surface area contributed by atoms with Gasteiger partial charge in [-0.1, -0.05) is 26.7 Å². The molecule has 1 fully saturated rings. The molecule has 1 aliphatic carbocycles. The van der Waals surface area contributed by atoms with Gasteiger partial charge in [-0.05, 0) is 42.8 Å². The van der Waals surface area contributed by atoms with E-state index in [4.69, 9.17) is 0 Å². The van der Waals surface area contributed by atoms with Gasteiger partial charge in [0.2, 0.25) is 0 Å². The lowest BCUT2D eigenvalue weighted by atomic mass is 9.88. The molecule has 3 heteroatoms. The Kier molecular flexibility index (Phi) is 4.01. The van der Waals surface area contributed by atoms with E-state index in [0.717, 1.165) is 6.42 Å². The van der Waals surface area contributed by atoms with E-state index in [1.807, 2.05) is 13.1 Å². The predicted molar refractivity (Wildman–Crippen MR) is 66.3 cm³/mol. The molecule has 2 N–H and O–H groups in total. The Hall–Kier alpha value is 0.137. The number of rotatable bonds is 4. The van der Waals surface area contributed by atoms with Crippen LogP contribution in [0.25, 0.3) is 0 Å². The van der Waals surface area contributed by atoms with E-state index in [9.17, 15) is 9.90 Å². The lowest BCUT2D eigenvalue weighted by Crippen LogP contribution is -2.40. The third-order valence-electron chi connectivity index (χ3n) is 4.48. The van der Waals surface area contributed by atoms with Gasteiger partial charge < -0.3 is 9.90 Å². The monoisotopic (exact) mass is 230 g/mol. The van der Waals surface area contributed by atoms with Crippen molar-refractivity contribution in [1.29, 1.82) is 0 Å². The normalized spacial score (nSPS) is 28.4. The van der Waals surface area contributed by atoms with Crippen LogP contribution < -0.4 is 0 Å². The SMILES string of the molecule is CC(C)(C[C@H]1CCC[C@H]1CO)[Si](C)(C)O. The van der Waals surface area contributed by atoms with Crippen molar-refractivity contribution in [2.45, 2.75) is 57.7 Å². The van der Waals surface area contributed by atoms with Crippen LogP contribution >= 0.6 is 0 Å². The number of aliphatic hydroxyl groups is 1. The van der Waals surface area contributed by atoms with Crippen LogP contribution in [0, 0.1) is 11.8 Å². The average molecular weight is 230 g/mol. The summed E-state index contributed by atoms with van der Waals surface area (Å²) in [6.07, 6.45) is 4.73. The molecule has 0 aromatic rings. The molecule has 0 heterocycles. The quantitative estimate of drug-likeness (QED) is 0.729. The fourth-order valence-electron chi connectivity index (χ4n) is 2.53. The summed E-state index contributed by atoms with van der Waals surface area (Å²) in [7, 11) is -2.08. The summed E-state index contributed by atoms with van der Waals surface area (Å²) in [5.41, 5.74) is 0. The highest BCUT2D eigenvalue weighted by atomic mass is 28.4. The van der Waals surface area contributed by atoms with Crippen LogP contribution in [0.5, 0.6) is 0 Å². The molecule has 1 aliphatic rings. The van der Waals surface area contributed by atoms with Crippen LogP contribution in [0.2, 0.25) is 18.1 Å². The Balaban J connectivity index is 2.60. The van der Waals surface area contributed by atoms with Crippen molar-refractivity contribution < 1.29 is 9.90 Å². The van der Waals surface area contributed by atoms with Crippen molar-refractivity contribution in [3.05, 3.63) is 0 Å². The Bertz CT molecular complexity index is 208. The second-order valence-corrected chi connectivity index (χ2v) is 10.8. The lowest BCUT2D eigenvalue weighted by Gasteiger charge is -2.38. The van der Waals surface area contributed by atoms with Gasteiger partial charge in [0.15, 0.2) is 8.32 Å². The van der Waals surface area contributed by atoms with Gasteiger partial charge in [0.1, 0.15) is 0 Å². The lowest BCUT2D eigenvalue weighted by molar-refractivity contribution is 0.180. The fourth-order valence-corrected chi connectivity index (χ4v) is 3.29. The highest BCUT2D eigenvalue weighted by Crippen LogP contribution is 2.47. The average Bonchev–Trinajstić information content (AvgIpc) is 2.48. The van der Waals surface area contributed by atoms with Crippen molar-refractivity contribution in [3.63, 3.8) is 0 Å². The third kappa shape index (κ3) is 3.05. The number of aliphatic hydroxyl groups excluding tert-OH is 1. The van der Waals surface area contributed by atoms with Gasteiger partial charge in [-0.15, -0.1) is 0 Å². The third-order valence-corrected chi connectivity index (χ3v) is 8.00. The molecule has 0 aromatic heterocycles. The minimum absolute atomic E-state index is 0.0649. The van der Waals surface area contributed by atoms with Gasteiger partial charge in [-0.2, -0.15) is 0 Å². The number of hydrogen-bond donors (Lipinski definition) is 2. The largest absolute Gasteiger partial charge is 0.432 e. The molecule has 0 aromatic carbocycles. The van der Waals surface area contributed by atoms with E-state index in [-0.39, 0.29) is 5.04 Å². The van der Waals surface area contributed by atoms with Crippen LogP contribution in [-0.2, 0) is 0 Å². The smallest absolute Gasteiger partial charge is 0.188 e. The molecular formula is C12H26O2Si. The first-order chi connectivity index (χ1) is 6.78. The Labute approximate surface area is 94.8 Å². The van der Waals surface area contributed by atoms with Crippen molar-refractivity contribution in [2.24, 2.45) is 11.8 Å². The standard InChI is InChI=1S/C12H26O2Si/c1-12(2,15(3,4)14)8-10-6-5-7-11(10)9-13/h10-11,13-14H,5-9H2,1-4H3/t10-,11+/m1/s1. The molecule has 0 amide bonds. The molecule has 0 unspecified atom stereocenters. The van der Waals surface area contributed by atoms with E-state index < -0.39 is 8.32 Å². The Morgan fingerprint density at radius 3 is 2.20 bits per heavy atom. The van der Waals surface area contributed by atoms with Crippen LogP contribution in [0.15, 0.2) is 0 Å². The van der Waals surface area contributed by atoms with Gasteiger partial charge in [0, 0.05) is 6.61 Å². The molecule has 0 bridgehead atoms. The summed E-state index contributed by atoms with van der Waals surface area (Å²) in [5, 5.41) is 9.35. The minimum Gasteiger partial charge on any atom is -0.432 e. The van der Waals surface area contributed by atoms with Crippen molar-refractivity contribution in [2.75, 3.05) is 6.61 Å². The highest BCUT2D eigenvalue weighted by Gasteiger charge is 2.41. The van der Waals surface area contributed by atoms with Crippen molar-refractivity contribution in [1.82, 2.24) is 0 Å². The van der Waals surface area contributed by atoms with Gasteiger partial charge >= 0.3 is 0 Å². The van der Waals surface area contributed by atoms with Crippen molar-refractivity contribution >= 4 is 8.32 Å².